The quantitative estimate of drug-likeness (QED) is 0.667. The van der Waals surface area contributed by atoms with E-state index in [0.717, 1.165) is 6.07 Å². The van der Waals surface area contributed by atoms with Gasteiger partial charge in [-0.05, 0) is 42.5 Å². The zero-order valence-electron chi connectivity index (χ0n) is 11.2. The number of carbonyl (C=O) groups excluding carboxylic acids is 1. The molecule has 4 nitrogen and oxygen atoms in total. The molecular formula is C15H11Cl2FN2O2. The predicted molar refractivity (Wildman–Crippen MR) is 84.1 cm³/mol. The first-order chi connectivity index (χ1) is 10.5. The minimum atomic E-state index is -0.442. The number of nitrogens with zero attached hydrogens (tertiary/aromatic N) is 1. The number of halogens is 3. The highest BCUT2D eigenvalue weighted by atomic mass is 35.5. The van der Waals surface area contributed by atoms with Crippen LogP contribution < -0.4 is 10.2 Å². The molecule has 7 heteroatoms. The second kappa shape index (κ2) is 7.77. The van der Waals surface area contributed by atoms with Crippen LogP contribution in [0.15, 0.2) is 47.6 Å². The van der Waals surface area contributed by atoms with Gasteiger partial charge in [-0.25, -0.2) is 9.82 Å². The van der Waals surface area contributed by atoms with Crippen LogP contribution in [-0.4, -0.2) is 18.7 Å². The van der Waals surface area contributed by atoms with Gasteiger partial charge >= 0.3 is 0 Å². The molecule has 1 N–H and O–H groups in total. The van der Waals surface area contributed by atoms with Gasteiger partial charge in [0.25, 0.3) is 5.91 Å². The first kappa shape index (κ1) is 16.3. The van der Waals surface area contributed by atoms with Gasteiger partial charge in [0.1, 0.15) is 11.6 Å². The Morgan fingerprint density at radius 1 is 1.23 bits per heavy atom. The lowest BCUT2D eigenvalue weighted by molar-refractivity contribution is -0.123. The van der Waals surface area contributed by atoms with E-state index >= 15 is 0 Å². The smallest absolute Gasteiger partial charge is 0.277 e. The van der Waals surface area contributed by atoms with E-state index in [1.165, 1.54) is 18.3 Å². The van der Waals surface area contributed by atoms with Crippen molar-refractivity contribution < 1.29 is 13.9 Å². The van der Waals surface area contributed by atoms with Gasteiger partial charge < -0.3 is 4.74 Å². The van der Waals surface area contributed by atoms with Crippen LogP contribution in [0.1, 0.15) is 5.56 Å². The molecule has 2 aromatic carbocycles. The summed E-state index contributed by atoms with van der Waals surface area (Å²) < 4.78 is 18.1. The standard InChI is InChI=1S/C15H11Cl2FN2O2/c16-11-2-5-13(6-3-11)22-9-15(21)20-19-8-10-1-4-12(18)7-14(10)17/h1-8H,9H2,(H,20,21). The third-order valence-electron chi connectivity index (χ3n) is 2.54. The highest BCUT2D eigenvalue weighted by molar-refractivity contribution is 6.33. The summed E-state index contributed by atoms with van der Waals surface area (Å²) in [5.41, 5.74) is 2.77. The van der Waals surface area contributed by atoms with Crippen LogP contribution in [0.25, 0.3) is 0 Å². The maximum absolute atomic E-state index is 12.9. The average molecular weight is 341 g/mol. The van der Waals surface area contributed by atoms with Crippen molar-refractivity contribution in [2.45, 2.75) is 0 Å². The first-order valence-corrected chi connectivity index (χ1v) is 6.95. The van der Waals surface area contributed by atoms with Crippen LogP contribution in [0.4, 0.5) is 4.39 Å². The van der Waals surface area contributed by atoms with E-state index in [1.54, 1.807) is 24.3 Å². The van der Waals surface area contributed by atoms with Crippen LogP contribution in [0.3, 0.4) is 0 Å². The maximum atomic E-state index is 12.9. The molecule has 0 saturated heterocycles. The monoisotopic (exact) mass is 340 g/mol. The van der Waals surface area contributed by atoms with Gasteiger partial charge in [0.05, 0.1) is 11.2 Å². The van der Waals surface area contributed by atoms with Crippen molar-refractivity contribution >= 4 is 35.3 Å². The predicted octanol–water partition coefficient (Wildman–Crippen LogP) is 3.66. The van der Waals surface area contributed by atoms with Crippen molar-refractivity contribution in [2.24, 2.45) is 5.10 Å². The summed E-state index contributed by atoms with van der Waals surface area (Å²) in [6.07, 6.45) is 1.32. The number of benzene rings is 2. The number of hydrazone groups is 1. The zero-order valence-corrected chi connectivity index (χ0v) is 12.7. The van der Waals surface area contributed by atoms with Gasteiger partial charge in [-0.1, -0.05) is 23.2 Å². The Morgan fingerprint density at radius 3 is 2.64 bits per heavy atom. The van der Waals surface area contributed by atoms with E-state index in [-0.39, 0.29) is 11.6 Å². The zero-order chi connectivity index (χ0) is 15.9. The number of nitrogens with one attached hydrogen (secondary N) is 1. The topological polar surface area (TPSA) is 50.7 Å². The molecule has 0 spiro atoms. The van der Waals surface area contributed by atoms with Crippen molar-refractivity contribution in [2.75, 3.05) is 6.61 Å². The molecule has 0 fully saturated rings. The number of carbonyl (C=O) groups is 1. The second-order valence-corrected chi connectivity index (χ2v) is 5.05. The Morgan fingerprint density at radius 2 is 1.95 bits per heavy atom. The molecule has 22 heavy (non-hydrogen) atoms. The molecule has 0 aromatic heterocycles. The van der Waals surface area contributed by atoms with Gasteiger partial charge in [0.2, 0.25) is 0 Å². The number of rotatable bonds is 5. The molecule has 0 radical (unpaired) electrons. The number of hydrogen-bond donors (Lipinski definition) is 1. The third-order valence-corrected chi connectivity index (χ3v) is 3.12. The molecule has 0 saturated carbocycles. The van der Waals surface area contributed by atoms with Gasteiger partial charge in [-0.15, -0.1) is 0 Å². The van der Waals surface area contributed by atoms with Gasteiger partial charge in [0.15, 0.2) is 6.61 Å². The molecule has 1 amide bonds. The molecule has 0 aliphatic heterocycles. The first-order valence-electron chi connectivity index (χ1n) is 6.20. The highest BCUT2D eigenvalue weighted by Gasteiger charge is 2.02. The van der Waals surface area contributed by atoms with Crippen molar-refractivity contribution in [1.29, 1.82) is 0 Å². The molecule has 0 unspecified atom stereocenters. The summed E-state index contributed by atoms with van der Waals surface area (Å²) in [6.45, 7) is -0.198. The summed E-state index contributed by atoms with van der Waals surface area (Å²) in [5.74, 6) is -0.364. The molecule has 2 aromatic rings. The lowest BCUT2D eigenvalue weighted by atomic mass is 10.2. The minimum absolute atomic E-state index is 0.198. The normalized spacial score (nSPS) is 10.7. The van der Waals surface area contributed by atoms with E-state index in [0.29, 0.717) is 16.3 Å². The van der Waals surface area contributed by atoms with Crippen LogP contribution in [0.5, 0.6) is 5.75 Å². The molecule has 0 aliphatic carbocycles. The van der Waals surface area contributed by atoms with Gasteiger partial charge in [-0.3, -0.25) is 4.79 Å². The third kappa shape index (κ3) is 5.02. The highest BCUT2D eigenvalue weighted by Crippen LogP contribution is 2.16. The van der Waals surface area contributed by atoms with Crippen LogP contribution >= 0.6 is 23.2 Å². The molecular weight excluding hydrogens is 330 g/mol. The summed E-state index contributed by atoms with van der Waals surface area (Å²) >= 11 is 11.6. The van der Waals surface area contributed by atoms with E-state index in [1.807, 2.05) is 0 Å². The van der Waals surface area contributed by atoms with Crippen molar-refractivity contribution in [3.05, 3.63) is 63.9 Å². The van der Waals surface area contributed by atoms with Crippen LogP contribution in [0, 0.1) is 5.82 Å². The number of ether oxygens (including phenoxy) is 1. The van der Waals surface area contributed by atoms with Crippen LogP contribution in [-0.2, 0) is 4.79 Å². The second-order valence-electron chi connectivity index (χ2n) is 4.20. The number of amides is 1. The van der Waals surface area contributed by atoms with E-state index < -0.39 is 11.7 Å². The summed E-state index contributed by atoms with van der Waals surface area (Å²) in [4.78, 5) is 11.5. The van der Waals surface area contributed by atoms with Crippen molar-refractivity contribution in [3.8, 4) is 5.75 Å². The largest absolute Gasteiger partial charge is 0.484 e. The molecule has 0 heterocycles. The molecule has 0 bridgehead atoms. The summed E-state index contributed by atoms with van der Waals surface area (Å²) in [7, 11) is 0. The maximum Gasteiger partial charge on any atom is 0.277 e. The van der Waals surface area contributed by atoms with Gasteiger partial charge in [0, 0.05) is 10.6 Å². The Bertz CT molecular complexity index is 690. The van der Waals surface area contributed by atoms with Crippen LogP contribution in [0.2, 0.25) is 10.0 Å². The van der Waals surface area contributed by atoms with Crippen molar-refractivity contribution in [3.63, 3.8) is 0 Å². The van der Waals surface area contributed by atoms with E-state index in [9.17, 15) is 9.18 Å². The fourth-order valence-electron chi connectivity index (χ4n) is 1.49. The van der Waals surface area contributed by atoms with Crippen molar-refractivity contribution in [1.82, 2.24) is 5.43 Å². The van der Waals surface area contributed by atoms with E-state index in [4.69, 9.17) is 27.9 Å². The summed E-state index contributed by atoms with van der Waals surface area (Å²) in [5, 5.41) is 4.51. The molecule has 0 atom stereocenters. The molecule has 0 aliphatic rings. The summed E-state index contributed by atoms with van der Waals surface area (Å²) in [6, 6.07) is 10.5. The Hall–Kier alpha value is -2.11. The Kier molecular flexibility index (Phi) is 5.75. The number of hydrogen-bond acceptors (Lipinski definition) is 3. The minimum Gasteiger partial charge on any atom is -0.484 e. The van der Waals surface area contributed by atoms with Gasteiger partial charge in [-0.2, -0.15) is 5.10 Å². The average Bonchev–Trinajstić information content (AvgIpc) is 2.49. The molecule has 114 valence electrons. The van der Waals surface area contributed by atoms with E-state index in [2.05, 4.69) is 10.5 Å². The lowest BCUT2D eigenvalue weighted by Crippen LogP contribution is -2.24. The Balaban J connectivity index is 1.82. The SMILES string of the molecule is O=C(COc1ccc(Cl)cc1)NN=Cc1ccc(F)cc1Cl. The fraction of sp³-hybridized carbons (Fsp3) is 0.0667. The lowest BCUT2D eigenvalue weighted by Gasteiger charge is -2.04. The Labute approximate surface area is 136 Å². The fourth-order valence-corrected chi connectivity index (χ4v) is 1.83. The molecule has 2 rings (SSSR count).